The molecule has 132 valence electrons. The van der Waals surface area contributed by atoms with Gasteiger partial charge in [-0.15, -0.1) is 11.8 Å². The Morgan fingerprint density at radius 3 is 2.52 bits per heavy atom. The first kappa shape index (κ1) is 17.8. The van der Waals surface area contributed by atoms with Gasteiger partial charge in [0.1, 0.15) is 5.54 Å². The SMILES string of the molecule is COC(=O)C1(NC(=O)CSc2ccc3ccccc3c2)CCCCC1. The van der Waals surface area contributed by atoms with Gasteiger partial charge in [-0.1, -0.05) is 49.6 Å². The normalized spacial score (nSPS) is 16.4. The zero-order chi connectivity index (χ0) is 17.7. The Kier molecular flexibility index (Phi) is 5.63. The highest BCUT2D eigenvalue weighted by atomic mass is 32.2. The Bertz CT molecular complexity index is 768. The molecule has 1 N–H and O–H groups in total. The van der Waals surface area contributed by atoms with Crippen LogP contribution in [-0.4, -0.2) is 30.3 Å². The van der Waals surface area contributed by atoms with Crippen LogP contribution in [0.15, 0.2) is 47.4 Å². The van der Waals surface area contributed by atoms with E-state index < -0.39 is 5.54 Å². The van der Waals surface area contributed by atoms with E-state index in [2.05, 4.69) is 29.6 Å². The standard InChI is InChI=1S/C20H23NO3S/c1-24-19(23)20(11-5-2-6-12-20)21-18(22)14-25-17-10-9-15-7-3-4-8-16(15)13-17/h3-4,7-10,13H,2,5-6,11-12,14H2,1H3,(H,21,22). The molecule has 1 amide bonds. The van der Waals surface area contributed by atoms with E-state index >= 15 is 0 Å². The fourth-order valence-electron chi connectivity index (χ4n) is 3.44. The van der Waals surface area contributed by atoms with Gasteiger partial charge in [0.2, 0.25) is 5.91 Å². The van der Waals surface area contributed by atoms with Crippen LogP contribution in [0.2, 0.25) is 0 Å². The van der Waals surface area contributed by atoms with E-state index in [-0.39, 0.29) is 17.6 Å². The molecule has 2 aromatic rings. The molecule has 5 heteroatoms. The van der Waals surface area contributed by atoms with E-state index in [9.17, 15) is 9.59 Å². The van der Waals surface area contributed by atoms with Crippen molar-refractivity contribution in [3.05, 3.63) is 42.5 Å². The molecule has 0 saturated heterocycles. The summed E-state index contributed by atoms with van der Waals surface area (Å²) in [6, 6.07) is 14.3. The maximum absolute atomic E-state index is 12.4. The van der Waals surface area contributed by atoms with E-state index in [1.807, 2.05) is 18.2 Å². The first-order chi connectivity index (χ1) is 12.1. The second kappa shape index (κ2) is 7.91. The van der Waals surface area contributed by atoms with Crippen LogP contribution in [0.4, 0.5) is 0 Å². The van der Waals surface area contributed by atoms with Gasteiger partial charge in [-0.3, -0.25) is 4.79 Å². The van der Waals surface area contributed by atoms with Gasteiger partial charge in [-0.25, -0.2) is 4.79 Å². The minimum absolute atomic E-state index is 0.120. The number of carbonyl (C=O) groups excluding carboxylic acids is 2. The molecule has 0 aromatic heterocycles. The van der Waals surface area contributed by atoms with Crippen LogP contribution in [-0.2, 0) is 14.3 Å². The van der Waals surface area contributed by atoms with Crippen LogP contribution in [0.1, 0.15) is 32.1 Å². The number of esters is 1. The molecule has 0 bridgehead atoms. The van der Waals surface area contributed by atoms with Crippen molar-refractivity contribution >= 4 is 34.4 Å². The second-order valence-electron chi connectivity index (χ2n) is 6.48. The quantitative estimate of drug-likeness (QED) is 0.651. The molecule has 0 aliphatic heterocycles. The maximum atomic E-state index is 12.4. The summed E-state index contributed by atoms with van der Waals surface area (Å²) in [6.45, 7) is 0. The monoisotopic (exact) mass is 357 g/mol. The number of amides is 1. The van der Waals surface area contributed by atoms with Crippen LogP contribution >= 0.6 is 11.8 Å². The number of nitrogens with one attached hydrogen (secondary N) is 1. The predicted molar refractivity (Wildman–Crippen MR) is 101 cm³/mol. The number of rotatable bonds is 5. The zero-order valence-electron chi connectivity index (χ0n) is 14.4. The smallest absolute Gasteiger partial charge is 0.331 e. The van der Waals surface area contributed by atoms with Crippen LogP contribution in [0.5, 0.6) is 0 Å². The van der Waals surface area contributed by atoms with Gasteiger partial charge in [-0.2, -0.15) is 0 Å². The molecule has 1 saturated carbocycles. The fraction of sp³-hybridized carbons (Fsp3) is 0.400. The van der Waals surface area contributed by atoms with Crippen LogP contribution < -0.4 is 5.32 Å². The van der Waals surface area contributed by atoms with Gasteiger partial charge in [0, 0.05) is 4.90 Å². The second-order valence-corrected chi connectivity index (χ2v) is 7.53. The van der Waals surface area contributed by atoms with E-state index in [1.165, 1.54) is 24.3 Å². The van der Waals surface area contributed by atoms with Crippen molar-refractivity contribution in [2.24, 2.45) is 0 Å². The summed E-state index contributed by atoms with van der Waals surface area (Å²) in [7, 11) is 1.38. The summed E-state index contributed by atoms with van der Waals surface area (Å²) in [5, 5.41) is 5.30. The number of fused-ring (bicyclic) bond motifs is 1. The highest BCUT2D eigenvalue weighted by Gasteiger charge is 2.41. The lowest BCUT2D eigenvalue weighted by molar-refractivity contribution is -0.152. The third kappa shape index (κ3) is 4.15. The molecular weight excluding hydrogens is 334 g/mol. The minimum Gasteiger partial charge on any atom is -0.467 e. The van der Waals surface area contributed by atoms with Gasteiger partial charge < -0.3 is 10.1 Å². The first-order valence-corrected chi connectivity index (χ1v) is 9.63. The maximum Gasteiger partial charge on any atom is 0.331 e. The zero-order valence-corrected chi connectivity index (χ0v) is 15.2. The van der Waals surface area contributed by atoms with E-state index in [0.717, 1.165) is 29.5 Å². The van der Waals surface area contributed by atoms with Crippen molar-refractivity contribution < 1.29 is 14.3 Å². The van der Waals surface area contributed by atoms with Crippen molar-refractivity contribution in [2.45, 2.75) is 42.5 Å². The highest BCUT2D eigenvalue weighted by Crippen LogP contribution is 2.30. The number of ether oxygens (including phenoxy) is 1. The number of hydrogen-bond acceptors (Lipinski definition) is 4. The third-order valence-electron chi connectivity index (χ3n) is 4.75. The van der Waals surface area contributed by atoms with Gasteiger partial charge in [0.25, 0.3) is 0 Å². The molecule has 1 aliphatic carbocycles. The average molecular weight is 357 g/mol. The minimum atomic E-state index is -0.839. The number of benzene rings is 2. The Morgan fingerprint density at radius 1 is 1.08 bits per heavy atom. The Labute approximate surface area is 152 Å². The molecule has 1 aliphatic rings. The van der Waals surface area contributed by atoms with Crippen LogP contribution in [0.25, 0.3) is 10.8 Å². The molecule has 3 rings (SSSR count). The molecule has 25 heavy (non-hydrogen) atoms. The van der Waals surface area contributed by atoms with Crippen LogP contribution in [0.3, 0.4) is 0 Å². The lowest BCUT2D eigenvalue weighted by Gasteiger charge is -2.35. The molecule has 0 unspecified atom stereocenters. The van der Waals surface area contributed by atoms with Crippen molar-refractivity contribution in [2.75, 3.05) is 12.9 Å². The summed E-state index contributed by atoms with van der Waals surface area (Å²) in [4.78, 5) is 25.7. The fourth-order valence-corrected chi connectivity index (χ4v) is 4.18. The lowest BCUT2D eigenvalue weighted by atomic mass is 9.81. The molecule has 0 heterocycles. The van der Waals surface area contributed by atoms with Crippen molar-refractivity contribution in [1.29, 1.82) is 0 Å². The van der Waals surface area contributed by atoms with Gasteiger partial charge in [0.05, 0.1) is 12.9 Å². The largest absolute Gasteiger partial charge is 0.467 e. The summed E-state index contributed by atoms with van der Waals surface area (Å²) in [6.07, 6.45) is 4.29. The van der Waals surface area contributed by atoms with E-state index in [0.29, 0.717) is 12.8 Å². The topological polar surface area (TPSA) is 55.4 Å². The Balaban J connectivity index is 1.63. The molecule has 1 fully saturated rings. The van der Waals surface area contributed by atoms with Crippen molar-refractivity contribution in [1.82, 2.24) is 5.32 Å². The van der Waals surface area contributed by atoms with E-state index in [4.69, 9.17) is 4.74 Å². The average Bonchev–Trinajstić information content (AvgIpc) is 2.66. The molecule has 0 radical (unpaired) electrons. The van der Waals surface area contributed by atoms with Crippen molar-refractivity contribution in [3.63, 3.8) is 0 Å². The van der Waals surface area contributed by atoms with Gasteiger partial charge in [0.15, 0.2) is 0 Å². The van der Waals surface area contributed by atoms with Gasteiger partial charge >= 0.3 is 5.97 Å². The molecule has 4 nitrogen and oxygen atoms in total. The third-order valence-corrected chi connectivity index (χ3v) is 5.75. The number of hydrogen-bond donors (Lipinski definition) is 1. The molecular formula is C20H23NO3S. The lowest BCUT2D eigenvalue weighted by Crippen LogP contribution is -2.56. The van der Waals surface area contributed by atoms with E-state index in [1.54, 1.807) is 0 Å². The summed E-state index contributed by atoms with van der Waals surface area (Å²) in [5.41, 5.74) is -0.839. The summed E-state index contributed by atoms with van der Waals surface area (Å²) >= 11 is 1.49. The Hall–Kier alpha value is -2.01. The summed E-state index contributed by atoms with van der Waals surface area (Å²) in [5.74, 6) is -0.154. The number of thioether (sulfide) groups is 1. The van der Waals surface area contributed by atoms with Crippen molar-refractivity contribution in [3.8, 4) is 0 Å². The van der Waals surface area contributed by atoms with Crippen LogP contribution in [0, 0.1) is 0 Å². The molecule has 0 atom stereocenters. The Morgan fingerprint density at radius 2 is 1.80 bits per heavy atom. The highest BCUT2D eigenvalue weighted by molar-refractivity contribution is 8.00. The number of carbonyl (C=O) groups is 2. The molecule has 2 aromatic carbocycles. The molecule has 0 spiro atoms. The first-order valence-electron chi connectivity index (χ1n) is 8.64. The van der Waals surface area contributed by atoms with Gasteiger partial charge in [-0.05, 0) is 35.7 Å². The summed E-state index contributed by atoms with van der Waals surface area (Å²) < 4.78 is 4.94. The number of methoxy groups -OCH3 is 1. The predicted octanol–water partition coefficient (Wildman–Crippen LogP) is 3.92.